The van der Waals surface area contributed by atoms with Crippen molar-refractivity contribution in [2.24, 2.45) is 0 Å². The van der Waals surface area contributed by atoms with Crippen LogP contribution in [0.4, 0.5) is 0 Å². The van der Waals surface area contributed by atoms with Crippen LogP contribution >= 0.6 is 0 Å². The number of hydrogen-bond donors (Lipinski definition) is 1. The summed E-state index contributed by atoms with van der Waals surface area (Å²) in [4.78, 5) is 29.7. The molecule has 1 amide bonds. The first-order valence-electron chi connectivity index (χ1n) is 21.1. The average Bonchev–Trinajstić information content (AvgIpc) is 3.64. The minimum absolute atomic E-state index is 0.216. The molecule has 2 rings (SSSR count). The summed E-state index contributed by atoms with van der Waals surface area (Å²) >= 11 is 0. The van der Waals surface area contributed by atoms with Crippen LogP contribution in [0, 0.1) is 0 Å². The fraction of sp³-hybridized carbons (Fsp3) is 0.814. The average molecular weight is 698 g/mol. The van der Waals surface area contributed by atoms with Crippen molar-refractivity contribution in [3.8, 4) is 0 Å². The Balaban J connectivity index is 1.48. The number of nitrogens with zero attached hydrogens (tertiary/aromatic N) is 4. The summed E-state index contributed by atoms with van der Waals surface area (Å²) in [6.45, 7) is 11.4. The maximum absolute atomic E-state index is 12.3. The Morgan fingerprint density at radius 3 is 1.90 bits per heavy atom. The molecule has 0 aliphatic carbocycles. The van der Waals surface area contributed by atoms with E-state index in [1.165, 1.54) is 108 Å². The van der Waals surface area contributed by atoms with Gasteiger partial charge in [-0.15, -0.1) is 0 Å². The highest BCUT2D eigenvalue weighted by atomic mass is 16.1. The van der Waals surface area contributed by atoms with E-state index in [0.29, 0.717) is 12.2 Å². The number of Topliss-reactive ketones (excluding diaryl/α,β-unsaturated/α-hetero) is 1. The highest BCUT2D eigenvalue weighted by Gasteiger charge is 2.28. The number of nitrogens with one attached hydrogen (secondary N) is 1. The van der Waals surface area contributed by atoms with Gasteiger partial charge in [-0.1, -0.05) is 102 Å². The Morgan fingerprint density at radius 2 is 1.20 bits per heavy atom. The second-order valence-corrected chi connectivity index (χ2v) is 15.0. The first kappa shape index (κ1) is 43.7. The Hall–Kier alpha value is -2.44. The number of unbranched alkanes of at least 4 members (excludes halogenated alkanes) is 15. The van der Waals surface area contributed by atoms with Crippen LogP contribution in [0.15, 0.2) is 24.3 Å². The van der Waals surface area contributed by atoms with E-state index in [9.17, 15) is 9.59 Å². The number of likely N-dealkylation sites (N-methyl/N-ethyl adjacent to an activating group) is 2. The monoisotopic (exact) mass is 698 g/mol. The molecule has 2 aliphatic rings. The molecule has 7 heteroatoms. The summed E-state index contributed by atoms with van der Waals surface area (Å²) < 4.78 is 4.82. The zero-order valence-corrected chi connectivity index (χ0v) is 33.3. The van der Waals surface area contributed by atoms with Gasteiger partial charge in [-0.25, -0.2) is 0 Å². The third-order valence-corrected chi connectivity index (χ3v) is 10.7. The van der Waals surface area contributed by atoms with Gasteiger partial charge in [0.2, 0.25) is 11.7 Å². The van der Waals surface area contributed by atoms with Crippen LogP contribution in [0.5, 0.6) is 0 Å². The fourth-order valence-electron chi connectivity index (χ4n) is 7.40. The Kier molecular flexibility index (Phi) is 25.5. The van der Waals surface area contributed by atoms with Crippen LogP contribution in [0.25, 0.3) is 0 Å². The van der Waals surface area contributed by atoms with Crippen molar-refractivity contribution in [1.82, 2.24) is 15.1 Å². The van der Waals surface area contributed by atoms with Crippen LogP contribution in [-0.2, 0) is 9.59 Å². The summed E-state index contributed by atoms with van der Waals surface area (Å²) in [6, 6.07) is 0. The van der Waals surface area contributed by atoms with E-state index in [4.69, 9.17) is 0 Å². The lowest BCUT2D eigenvalue weighted by molar-refractivity contribution is -0.487. The van der Waals surface area contributed by atoms with Crippen molar-refractivity contribution in [3.63, 3.8) is 0 Å². The number of carbonyl (C=O) groups excluding carboxylic acids is 2. The number of amides is 1. The second-order valence-electron chi connectivity index (χ2n) is 15.0. The highest BCUT2D eigenvalue weighted by molar-refractivity contribution is 5.80. The number of ketones is 1. The van der Waals surface area contributed by atoms with E-state index in [1.54, 1.807) is 0 Å². The summed E-state index contributed by atoms with van der Waals surface area (Å²) in [6.07, 6.45) is 36.7. The van der Waals surface area contributed by atoms with Crippen LogP contribution < -0.4 is 5.32 Å². The minimum atomic E-state index is 0.216. The lowest BCUT2D eigenvalue weighted by atomic mass is 10.1. The molecule has 0 saturated heterocycles. The molecule has 0 unspecified atom stereocenters. The molecule has 0 spiro atoms. The highest BCUT2D eigenvalue weighted by Crippen LogP contribution is 2.14. The lowest BCUT2D eigenvalue weighted by Crippen LogP contribution is -2.37. The van der Waals surface area contributed by atoms with Crippen LogP contribution in [0.3, 0.4) is 0 Å². The summed E-state index contributed by atoms with van der Waals surface area (Å²) in [7, 11) is 4.43. The van der Waals surface area contributed by atoms with Crippen molar-refractivity contribution in [2.45, 2.75) is 168 Å². The third kappa shape index (κ3) is 20.4. The van der Waals surface area contributed by atoms with E-state index in [0.717, 1.165) is 97.2 Å². The maximum atomic E-state index is 12.3. The van der Waals surface area contributed by atoms with Gasteiger partial charge in [-0.3, -0.25) is 28.5 Å². The topological polar surface area (TPSA) is 58.7 Å². The van der Waals surface area contributed by atoms with Crippen molar-refractivity contribution in [2.75, 3.05) is 59.9 Å². The van der Waals surface area contributed by atoms with Gasteiger partial charge in [-0.2, -0.15) is 0 Å². The number of hydrogen-bond acceptors (Lipinski definition) is 4. The minimum Gasteiger partial charge on any atom is -0.352 e. The number of carbonyl (C=O) groups is 2. The molecule has 2 aliphatic heterocycles. The summed E-state index contributed by atoms with van der Waals surface area (Å²) in [5.74, 6) is 3.56. The quantitative estimate of drug-likeness (QED) is 0.0434. The van der Waals surface area contributed by atoms with E-state index in [-0.39, 0.29) is 5.91 Å². The predicted molar refractivity (Wildman–Crippen MR) is 214 cm³/mol. The van der Waals surface area contributed by atoms with E-state index < -0.39 is 0 Å². The van der Waals surface area contributed by atoms with E-state index >= 15 is 0 Å². The molecule has 0 atom stereocenters. The first-order valence-corrected chi connectivity index (χ1v) is 21.1. The molecule has 2 heterocycles. The molecule has 50 heavy (non-hydrogen) atoms. The summed E-state index contributed by atoms with van der Waals surface area (Å²) in [5, 5.41) is 3.17. The molecule has 286 valence electrons. The van der Waals surface area contributed by atoms with Gasteiger partial charge in [0.25, 0.3) is 5.84 Å². The molecule has 0 saturated carbocycles. The van der Waals surface area contributed by atoms with Crippen LogP contribution in [0.1, 0.15) is 168 Å². The molecular weight excluding hydrogens is 619 g/mol. The van der Waals surface area contributed by atoms with Gasteiger partial charge < -0.3 is 5.32 Å². The van der Waals surface area contributed by atoms with Gasteiger partial charge in [0.1, 0.15) is 38.5 Å². The molecule has 1 N–H and O–H groups in total. The molecular formula is C43H79N5O2+2. The smallest absolute Gasteiger partial charge is 0.250 e. The zero-order valence-electron chi connectivity index (χ0n) is 33.3. The lowest BCUT2D eigenvalue weighted by Gasteiger charge is -2.14. The molecule has 0 fully saturated rings. The Labute approximate surface area is 308 Å². The van der Waals surface area contributed by atoms with Crippen molar-refractivity contribution >= 4 is 23.4 Å². The Morgan fingerprint density at radius 1 is 0.640 bits per heavy atom. The van der Waals surface area contributed by atoms with E-state index in [1.807, 2.05) is 0 Å². The maximum Gasteiger partial charge on any atom is 0.250 e. The van der Waals surface area contributed by atoms with Gasteiger partial charge >= 0.3 is 0 Å². The largest absolute Gasteiger partial charge is 0.352 e. The molecule has 7 nitrogen and oxygen atoms in total. The van der Waals surface area contributed by atoms with Crippen LogP contribution in [0.2, 0.25) is 0 Å². The van der Waals surface area contributed by atoms with Crippen LogP contribution in [-0.4, -0.2) is 102 Å². The molecule has 0 radical (unpaired) electrons. The fourth-order valence-corrected chi connectivity index (χ4v) is 7.40. The molecule has 0 aromatic carbocycles. The summed E-state index contributed by atoms with van der Waals surface area (Å²) in [5.41, 5.74) is 0. The SMILES string of the molecule is C/C=C/CCCCCCCC(=O)NCCN1CC[N+](C)=C1CCCCCCC/C=C/CC1=[N+](C)CCN1CCCC(=O)CCCCCCCC. The predicted octanol–water partition coefficient (Wildman–Crippen LogP) is 8.90. The number of allylic oxidation sites excluding steroid dienone is 3. The standard InChI is InChI=1S/C43H78N5O2/c1-5-7-9-11-13-16-20-24-30-41(50)44-33-35-48-39-37-46(4)43(48)32-26-22-18-15-14-17-21-25-31-42-45(3)36-38-47(42)34-27-29-40(49)28-23-19-12-10-8-6-2/h5,7,21,25H,6,8-20,22-24,26-39H2,1-4H3/q+1/p+1/b7-5+,25-21+. The van der Waals surface area contributed by atoms with Crippen molar-refractivity contribution < 1.29 is 18.7 Å². The first-order chi connectivity index (χ1) is 24.5. The number of rotatable bonds is 32. The zero-order chi connectivity index (χ0) is 36.1. The second kappa shape index (κ2) is 29.2. The van der Waals surface area contributed by atoms with Gasteiger partial charge in [0, 0.05) is 25.7 Å². The normalized spacial score (nSPS) is 15.2. The van der Waals surface area contributed by atoms with E-state index in [2.05, 4.69) is 76.5 Å². The molecule has 0 bridgehead atoms. The van der Waals surface area contributed by atoms with Crippen molar-refractivity contribution in [1.29, 1.82) is 0 Å². The van der Waals surface area contributed by atoms with Crippen molar-refractivity contribution in [3.05, 3.63) is 24.3 Å². The molecule has 0 aromatic heterocycles. The van der Waals surface area contributed by atoms with Gasteiger partial charge in [0.15, 0.2) is 0 Å². The third-order valence-electron chi connectivity index (χ3n) is 10.7. The molecule has 0 aromatic rings. The van der Waals surface area contributed by atoms with Gasteiger partial charge in [-0.05, 0) is 58.3 Å². The van der Waals surface area contributed by atoms with Gasteiger partial charge in [0.05, 0.1) is 33.6 Å². The Bertz CT molecular complexity index is 1050. The number of amidine groups is 2.